The van der Waals surface area contributed by atoms with Crippen molar-refractivity contribution >= 4 is 0 Å². The van der Waals surface area contributed by atoms with Gasteiger partial charge in [-0.1, -0.05) is 97.1 Å². The van der Waals surface area contributed by atoms with Crippen molar-refractivity contribution in [2.75, 3.05) is 0 Å². The highest BCUT2D eigenvalue weighted by atomic mass is 14.9. The first kappa shape index (κ1) is 20.5. The molecule has 33 heavy (non-hydrogen) atoms. The van der Waals surface area contributed by atoms with Gasteiger partial charge in [-0.3, -0.25) is 0 Å². The number of hydrogen-bond donors (Lipinski definition) is 1. The SMILES string of the molecule is N#Cc1ccc(Cc2ccc(C(c3ccccc3)(c3ccccc3)c3ncc[nH]3)cc2)cc1. The summed E-state index contributed by atoms with van der Waals surface area (Å²) in [5.41, 5.74) is 6.00. The van der Waals surface area contributed by atoms with Crippen LogP contribution in [0.3, 0.4) is 0 Å². The third-order valence-corrected chi connectivity index (χ3v) is 6.15. The van der Waals surface area contributed by atoms with Gasteiger partial charge in [0.2, 0.25) is 0 Å². The summed E-state index contributed by atoms with van der Waals surface area (Å²) in [6.45, 7) is 0. The molecule has 0 spiro atoms. The fourth-order valence-electron chi connectivity index (χ4n) is 4.56. The van der Waals surface area contributed by atoms with Crippen LogP contribution in [0.25, 0.3) is 0 Å². The van der Waals surface area contributed by atoms with E-state index in [4.69, 9.17) is 10.2 Å². The van der Waals surface area contributed by atoms with E-state index >= 15 is 0 Å². The topological polar surface area (TPSA) is 52.5 Å². The molecule has 0 radical (unpaired) electrons. The Morgan fingerprint density at radius 1 is 0.667 bits per heavy atom. The van der Waals surface area contributed by atoms with Crippen LogP contribution in [0, 0.1) is 11.3 Å². The molecule has 1 aromatic heterocycles. The molecule has 0 unspecified atom stereocenters. The lowest BCUT2D eigenvalue weighted by atomic mass is 9.68. The Kier molecular flexibility index (Phi) is 5.57. The number of imidazole rings is 1. The number of aromatic nitrogens is 2. The normalized spacial score (nSPS) is 11.1. The van der Waals surface area contributed by atoms with Gasteiger partial charge < -0.3 is 4.98 Å². The molecule has 0 amide bonds. The van der Waals surface area contributed by atoms with E-state index in [1.807, 2.05) is 48.8 Å². The van der Waals surface area contributed by atoms with E-state index in [-0.39, 0.29) is 0 Å². The molecule has 158 valence electrons. The zero-order chi connectivity index (χ0) is 22.5. The molecule has 0 aliphatic rings. The first-order valence-corrected chi connectivity index (χ1v) is 11.0. The molecular formula is C30H23N3. The van der Waals surface area contributed by atoms with Gasteiger partial charge in [-0.15, -0.1) is 0 Å². The summed E-state index contributed by atoms with van der Waals surface area (Å²) in [6, 6.07) is 39.8. The van der Waals surface area contributed by atoms with Crippen LogP contribution in [0.15, 0.2) is 122 Å². The van der Waals surface area contributed by atoms with Crippen LogP contribution in [0.1, 0.15) is 39.2 Å². The average molecular weight is 426 g/mol. The standard InChI is InChI=1S/C30H23N3/c31-22-25-13-11-23(12-14-25)21-24-15-17-28(18-16-24)30(29-32-19-20-33-29,26-7-3-1-4-8-26)27-9-5-2-6-10-27/h1-20H,21H2,(H,32,33). The van der Waals surface area contributed by atoms with Gasteiger partial charge in [-0.25, -0.2) is 4.98 Å². The molecule has 0 saturated heterocycles. The van der Waals surface area contributed by atoms with Crippen molar-refractivity contribution in [3.8, 4) is 6.07 Å². The number of nitriles is 1. The highest BCUT2D eigenvalue weighted by molar-refractivity contribution is 5.56. The summed E-state index contributed by atoms with van der Waals surface area (Å²) < 4.78 is 0. The first-order chi connectivity index (χ1) is 16.3. The fourth-order valence-corrected chi connectivity index (χ4v) is 4.56. The first-order valence-electron chi connectivity index (χ1n) is 11.0. The summed E-state index contributed by atoms with van der Waals surface area (Å²) in [5.74, 6) is 0.889. The maximum Gasteiger partial charge on any atom is 0.125 e. The molecule has 5 aromatic rings. The van der Waals surface area contributed by atoms with Crippen LogP contribution >= 0.6 is 0 Å². The molecule has 0 aliphatic carbocycles. The lowest BCUT2D eigenvalue weighted by molar-refractivity contribution is 0.691. The molecule has 0 aliphatic heterocycles. The third-order valence-electron chi connectivity index (χ3n) is 6.15. The van der Waals surface area contributed by atoms with Gasteiger partial charge in [0.15, 0.2) is 0 Å². The second kappa shape index (κ2) is 8.98. The van der Waals surface area contributed by atoms with E-state index in [1.165, 1.54) is 11.1 Å². The van der Waals surface area contributed by atoms with Gasteiger partial charge in [-0.05, 0) is 46.4 Å². The lowest BCUT2D eigenvalue weighted by Gasteiger charge is -2.34. The zero-order valence-corrected chi connectivity index (χ0v) is 18.1. The van der Waals surface area contributed by atoms with Crippen LogP contribution < -0.4 is 0 Å². The lowest BCUT2D eigenvalue weighted by Crippen LogP contribution is -2.32. The van der Waals surface area contributed by atoms with Crippen LogP contribution in [0.2, 0.25) is 0 Å². The van der Waals surface area contributed by atoms with Crippen molar-refractivity contribution in [3.05, 3.63) is 161 Å². The molecule has 3 nitrogen and oxygen atoms in total. The van der Waals surface area contributed by atoms with Gasteiger partial charge >= 0.3 is 0 Å². The molecule has 0 bridgehead atoms. The summed E-state index contributed by atoms with van der Waals surface area (Å²) in [5, 5.41) is 9.03. The number of rotatable bonds is 6. The molecule has 3 heteroatoms. The van der Waals surface area contributed by atoms with Gasteiger partial charge in [-0.2, -0.15) is 5.26 Å². The van der Waals surface area contributed by atoms with E-state index < -0.39 is 5.41 Å². The maximum absolute atomic E-state index is 9.03. The van der Waals surface area contributed by atoms with Crippen LogP contribution in [0.4, 0.5) is 0 Å². The fraction of sp³-hybridized carbons (Fsp3) is 0.0667. The molecule has 4 aromatic carbocycles. The largest absolute Gasteiger partial charge is 0.347 e. The molecule has 0 saturated carbocycles. The van der Waals surface area contributed by atoms with Crippen molar-refractivity contribution in [2.45, 2.75) is 11.8 Å². The minimum Gasteiger partial charge on any atom is -0.347 e. The Morgan fingerprint density at radius 3 is 1.67 bits per heavy atom. The van der Waals surface area contributed by atoms with Crippen LogP contribution in [-0.2, 0) is 11.8 Å². The quantitative estimate of drug-likeness (QED) is 0.327. The van der Waals surface area contributed by atoms with Gasteiger partial charge in [0.25, 0.3) is 0 Å². The Balaban J connectivity index is 1.62. The Hall–Kier alpha value is -4.42. The molecule has 0 fully saturated rings. The average Bonchev–Trinajstić information content (AvgIpc) is 3.43. The summed E-state index contributed by atoms with van der Waals surface area (Å²) in [4.78, 5) is 8.14. The van der Waals surface area contributed by atoms with E-state index in [1.54, 1.807) is 0 Å². The number of benzene rings is 4. The Bertz CT molecular complexity index is 1310. The minimum atomic E-state index is -0.557. The number of nitrogens with one attached hydrogen (secondary N) is 1. The number of aromatic amines is 1. The minimum absolute atomic E-state index is 0.557. The van der Waals surface area contributed by atoms with Crippen molar-refractivity contribution in [3.63, 3.8) is 0 Å². The van der Waals surface area contributed by atoms with E-state index in [0.29, 0.717) is 5.56 Å². The van der Waals surface area contributed by atoms with Crippen LogP contribution in [-0.4, -0.2) is 9.97 Å². The van der Waals surface area contributed by atoms with Gasteiger partial charge in [0.05, 0.1) is 11.6 Å². The summed E-state index contributed by atoms with van der Waals surface area (Å²) in [6.07, 6.45) is 4.51. The molecule has 1 heterocycles. The van der Waals surface area contributed by atoms with Crippen molar-refractivity contribution in [1.82, 2.24) is 9.97 Å². The van der Waals surface area contributed by atoms with E-state index in [9.17, 15) is 0 Å². The monoisotopic (exact) mass is 425 g/mol. The zero-order valence-electron chi connectivity index (χ0n) is 18.1. The predicted octanol–water partition coefficient (Wildman–Crippen LogP) is 6.25. The summed E-state index contributed by atoms with van der Waals surface area (Å²) in [7, 11) is 0. The Labute approximate surface area is 194 Å². The Morgan fingerprint density at radius 2 is 1.18 bits per heavy atom. The molecule has 5 rings (SSSR count). The molecule has 1 N–H and O–H groups in total. The molecule has 0 atom stereocenters. The maximum atomic E-state index is 9.03. The van der Waals surface area contributed by atoms with Crippen LogP contribution in [0.5, 0.6) is 0 Å². The number of hydrogen-bond acceptors (Lipinski definition) is 2. The number of H-pyrrole nitrogens is 1. The highest BCUT2D eigenvalue weighted by Crippen LogP contribution is 2.43. The van der Waals surface area contributed by atoms with Gasteiger partial charge in [0, 0.05) is 12.4 Å². The predicted molar refractivity (Wildman–Crippen MR) is 131 cm³/mol. The van der Waals surface area contributed by atoms with Crippen molar-refractivity contribution in [1.29, 1.82) is 5.26 Å². The third kappa shape index (κ3) is 3.84. The second-order valence-electron chi connectivity index (χ2n) is 8.10. The van der Waals surface area contributed by atoms with Gasteiger partial charge in [0.1, 0.15) is 11.2 Å². The second-order valence-corrected chi connectivity index (χ2v) is 8.10. The smallest absolute Gasteiger partial charge is 0.125 e. The van der Waals surface area contributed by atoms with Crippen molar-refractivity contribution < 1.29 is 0 Å². The van der Waals surface area contributed by atoms with Crippen molar-refractivity contribution in [2.24, 2.45) is 0 Å². The summed E-state index contributed by atoms with van der Waals surface area (Å²) >= 11 is 0. The van der Waals surface area contributed by atoms with E-state index in [0.717, 1.165) is 28.9 Å². The highest BCUT2D eigenvalue weighted by Gasteiger charge is 2.40. The number of nitrogens with zero attached hydrogens (tertiary/aromatic N) is 2. The molecular weight excluding hydrogens is 402 g/mol. The van der Waals surface area contributed by atoms with E-state index in [2.05, 4.69) is 83.8 Å².